The predicted molar refractivity (Wildman–Crippen MR) is 77.1 cm³/mol. The van der Waals surface area contributed by atoms with Gasteiger partial charge in [-0.25, -0.2) is 0 Å². The van der Waals surface area contributed by atoms with Gasteiger partial charge in [0.25, 0.3) is 0 Å². The SMILES string of the molecule is CCc1cc(COc2cncc(C#CCN)c2)n(C)n1. The number of hydrogen-bond acceptors (Lipinski definition) is 4. The highest BCUT2D eigenvalue weighted by Crippen LogP contribution is 2.13. The topological polar surface area (TPSA) is 66.0 Å². The van der Waals surface area contributed by atoms with E-state index in [0.717, 1.165) is 23.4 Å². The molecule has 0 aliphatic heterocycles. The van der Waals surface area contributed by atoms with E-state index < -0.39 is 0 Å². The van der Waals surface area contributed by atoms with Crippen LogP contribution in [-0.4, -0.2) is 21.3 Å². The molecule has 0 amide bonds. The van der Waals surface area contributed by atoms with Crippen molar-refractivity contribution < 1.29 is 4.74 Å². The molecule has 104 valence electrons. The molecule has 2 rings (SSSR count). The number of aryl methyl sites for hydroxylation is 2. The van der Waals surface area contributed by atoms with Crippen LogP contribution in [0.25, 0.3) is 0 Å². The monoisotopic (exact) mass is 270 g/mol. The molecule has 0 radical (unpaired) electrons. The molecular weight excluding hydrogens is 252 g/mol. The smallest absolute Gasteiger partial charge is 0.139 e. The van der Waals surface area contributed by atoms with Gasteiger partial charge in [-0.2, -0.15) is 5.10 Å². The summed E-state index contributed by atoms with van der Waals surface area (Å²) in [7, 11) is 1.92. The van der Waals surface area contributed by atoms with Gasteiger partial charge in [-0.05, 0) is 18.6 Å². The zero-order valence-corrected chi connectivity index (χ0v) is 11.8. The summed E-state index contributed by atoms with van der Waals surface area (Å²) in [6.07, 6.45) is 4.28. The van der Waals surface area contributed by atoms with E-state index in [4.69, 9.17) is 10.5 Å². The number of nitrogens with two attached hydrogens (primary N) is 1. The van der Waals surface area contributed by atoms with Crippen LogP contribution in [0.15, 0.2) is 24.5 Å². The molecule has 0 spiro atoms. The number of rotatable bonds is 4. The molecule has 0 bridgehead atoms. The maximum Gasteiger partial charge on any atom is 0.139 e. The van der Waals surface area contributed by atoms with Crippen LogP contribution in [0.2, 0.25) is 0 Å². The summed E-state index contributed by atoms with van der Waals surface area (Å²) in [6, 6.07) is 3.90. The second-order valence-corrected chi connectivity index (χ2v) is 4.31. The summed E-state index contributed by atoms with van der Waals surface area (Å²) >= 11 is 0. The van der Waals surface area contributed by atoms with E-state index in [-0.39, 0.29) is 0 Å². The number of pyridine rings is 1. The Labute approximate surface area is 118 Å². The first-order valence-electron chi connectivity index (χ1n) is 6.51. The lowest BCUT2D eigenvalue weighted by atomic mass is 10.3. The molecule has 2 N–H and O–H groups in total. The lowest BCUT2D eigenvalue weighted by Gasteiger charge is -2.06. The number of hydrogen-bond donors (Lipinski definition) is 1. The van der Waals surface area contributed by atoms with Crippen molar-refractivity contribution in [2.75, 3.05) is 6.54 Å². The summed E-state index contributed by atoms with van der Waals surface area (Å²) in [5.74, 6) is 6.41. The molecule has 20 heavy (non-hydrogen) atoms. The van der Waals surface area contributed by atoms with Gasteiger partial charge in [0.05, 0.1) is 24.1 Å². The first kappa shape index (κ1) is 14.1. The fraction of sp³-hybridized carbons (Fsp3) is 0.333. The van der Waals surface area contributed by atoms with Gasteiger partial charge in [0.2, 0.25) is 0 Å². The Morgan fingerprint density at radius 2 is 2.20 bits per heavy atom. The van der Waals surface area contributed by atoms with Gasteiger partial charge in [0.1, 0.15) is 12.4 Å². The van der Waals surface area contributed by atoms with Crippen LogP contribution >= 0.6 is 0 Å². The van der Waals surface area contributed by atoms with Gasteiger partial charge in [-0.3, -0.25) is 9.67 Å². The Kier molecular flexibility index (Phi) is 4.75. The van der Waals surface area contributed by atoms with Crippen LogP contribution in [0.3, 0.4) is 0 Å². The quantitative estimate of drug-likeness (QED) is 0.850. The van der Waals surface area contributed by atoms with E-state index in [1.54, 1.807) is 12.4 Å². The maximum absolute atomic E-state index is 5.73. The van der Waals surface area contributed by atoms with Crippen molar-refractivity contribution in [1.29, 1.82) is 0 Å². The molecule has 2 heterocycles. The molecule has 2 aromatic heterocycles. The van der Waals surface area contributed by atoms with E-state index in [0.29, 0.717) is 18.9 Å². The summed E-state index contributed by atoms with van der Waals surface area (Å²) in [5.41, 5.74) is 8.23. The van der Waals surface area contributed by atoms with Gasteiger partial charge in [-0.1, -0.05) is 18.8 Å². The minimum absolute atomic E-state index is 0.333. The molecule has 0 aliphatic carbocycles. The van der Waals surface area contributed by atoms with E-state index in [1.807, 2.05) is 23.9 Å². The molecule has 0 fully saturated rings. The molecule has 2 aromatic rings. The van der Waals surface area contributed by atoms with Crippen molar-refractivity contribution in [3.8, 4) is 17.6 Å². The number of ether oxygens (including phenoxy) is 1. The van der Waals surface area contributed by atoms with E-state index >= 15 is 0 Å². The number of aromatic nitrogens is 3. The average molecular weight is 270 g/mol. The maximum atomic E-state index is 5.73. The fourth-order valence-corrected chi connectivity index (χ4v) is 1.76. The standard InChI is InChI=1S/C15H18N4O/c1-3-13-8-14(19(2)18-13)11-20-15-7-12(5-4-6-16)9-17-10-15/h7-10H,3,6,11,16H2,1-2H3. The third-order valence-corrected chi connectivity index (χ3v) is 2.82. The second-order valence-electron chi connectivity index (χ2n) is 4.31. The van der Waals surface area contributed by atoms with Crippen molar-refractivity contribution in [2.24, 2.45) is 12.8 Å². The third-order valence-electron chi connectivity index (χ3n) is 2.82. The normalized spacial score (nSPS) is 9.95. The average Bonchev–Trinajstić information content (AvgIpc) is 2.84. The highest BCUT2D eigenvalue weighted by Gasteiger charge is 2.05. The van der Waals surface area contributed by atoms with E-state index in [2.05, 4.69) is 28.8 Å². The van der Waals surface area contributed by atoms with E-state index in [9.17, 15) is 0 Å². The Hall–Kier alpha value is -2.32. The highest BCUT2D eigenvalue weighted by molar-refractivity contribution is 5.36. The van der Waals surface area contributed by atoms with Gasteiger partial charge < -0.3 is 10.5 Å². The molecule has 0 saturated heterocycles. The Morgan fingerprint density at radius 3 is 2.90 bits per heavy atom. The van der Waals surface area contributed by atoms with Crippen molar-refractivity contribution >= 4 is 0 Å². The van der Waals surface area contributed by atoms with Crippen molar-refractivity contribution in [3.05, 3.63) is 41.5 Å². The lowest BCUT2D eigenvalue weighted by Crippen LogP contribution is -2.03. The van der Waals surface area contributed by atoms with Gasteiger partial charge in [0.15, 0.2) is 0 Å². The first-order chi connectivity index (χ1) is 9.72. The van der Waals surface area contributed by atoms with Crippen LogP contribution in [0, 0.1) is 11.8 Å². The Morgan fingerprint density at radius 1 is 1.35 bits per heavy atom. The lowest BCUT2D eigenvalue weighted by molar-refractivity contribution is 0.293. The van der Waals surface area contributed by atoms with Crippen molar-refractivity contribution in [3.63, 3.8) is 0 Å². The zero-order valence-electron chi connectivity index (χ0n) is 11.8. The number of nitrogens with zero attached hydrogens (tertiary/aromatic N) is 3. The molecule has 0 saturated carbocycles. The molecule has 0 aliphatic rings. The zero-order chi connectivity index (χ0) is 14.4. The van der Waals surface area contributed by atoms with Crippen LogP contribution in [-0.2, 0) is 20.1 Å². The van der Waals surface area contributed by atoms with Crippen LogP contribution in [0.5, 0.6) is 5.75 Å². The minimum Gasteiger partial charge on any atom is -0.486 e. The molecule has 5 nitrogen and oxygen atoms in total. The first-order valence-corrected chi connectivity index (χ1v) is 6.51. The fourth-order valence-electron chi connectivity index (χ4n) is 1.76. The molecule has 5 heteroatoms. The van der Waals surface area contributed by atoms with Crippen LogP contribution in [0.1, 0.15) is 23.9 Å². The van der Waals surface area contributed by atoms with Crippen molar-refractivity contribution in [2.45, 2.75) is 20.0 Å². The summed E-state index contributed by atoms with van der Waals surface area (Å²) in [6.45, 7) is 2.87. The molecule has 0 atom stereocenters. The van der Waals surface area contributed by atoms with Crippen LogP contribution < -0.4 is 10.5 Å². The third kappa shape index (κ3) is 3.59. The predicted octanol–water partition coefficient (Wildman–Crippen LogP) is 1.27. The van der Waals surface area contributed by atoms with Gasteiger partial charge in [-0.15, -0.1) is 0 Å². The highest BCUT2D eigenvalue weighted by atomic mass is 16.5. The minimum atomic E-state index is 0.333. The second kappa shape index (κ2) is 6.73. The van der Waals surface area contributed by atoms with Crippen LogP contribution in [0.4, 0.5) is 0 Å². The summed E-state index contributed by atoms with van der Waals surface area (Å²) < 4.78 is 7.57. The van der Waals surface area contributed by atoms with Gasteiger partial charge >= 0.3 is 0 Å². The Bertz CT molecular complexity index is 637. The molecule has 0 unspecified atom stereocenters. The summed E-state index contributed by atoms with van der Waals surface area (Å²) in [4.78, 5) is 4.10. The van der Waals surface area contributed by atoms with Gasteiger partial charge in [0, 0.05) is 18.8 Å². The van der Waals surface area contributed by atoms with E-state index in [1.165, 1.54) is 0 Å². The molecule has 0 aromatic carbocycles. The van der Waals surface area contributed by atoms with Crippen molar-refractivity contribution in [1.82, 2.24) is 14.8 Å². The summed E-state index contributed by atoms with van der Waals surface area (Å²) in [5, 5.41) is 4.38. The Balaban J connectivity index is 2.04. The molecular formula is C15H18N4O. The largest absolute Gasteiger partial charge is 0.486 e.